The molecule has 1 aliphatic carbocycles. The highest BCUT2D eigenvalue weighted by Crippen LogP contribution is 2.31. The van der Waals surface area contributed by atoms with E-state index in [2.05, 4.69) is 5.10 Å². The maximum absolute atomic E-state index is 12.1. The van der Waals surface area contributed by atoms with Gasteiger partial charge in [0.05, 0.1) is 18.5 Å². The SMILES string of the molecule is COC(=O)n1nc2c(c1-c1ccc(Cl)cc1)CCCCCC2. The van der Waals surface area contributed by atoms with Crippen molar-refractivity contribution in [3.05, 3.63) is 40.5 Å². The van der Waals surface area contributed by atoms with Gasteiger partial charge in [0.2, 0.25) is 0 Å². The molecule has 1 heterocycles. The lowest BCUT2D eigenvalue weighted by Crippen LogP contribution is -2.14. The lowest BCUT2D eigenvalue weighted by atomic mass is 9.95. The van der Waals surface area contributed by atoms with Crippen LogP contribution in [0.25, 0.3) is 11.3 Å². The second-order valence-corrected chi connectivity index (χ2v) is 6.01. The highest BCUT2D eigenvalue weighted by molar-refractivity contribution is 6.30. The summed E-state index contributed by atoms with van der Waals surface area (Å²) < 4.78 is 6.30. The zero-order valence-electron chi connectivity index (χ0n) is 12.6. The molecule has 0 aliphatic heterocycles. The van der Waals surface area contributed by atoms with Gasteiger partial charge in [0.25, 0.3) is 0 Å². The van der Waals surface area contributed by atoms with Crippen LogP contribution in [0.5, 0.6) is 0 Å². The maximum Gasteiger partial charge on any atom is 0.434 e. The van der Waals surface area contributed by atoms with E-state index < -0.39 is 6.09 Å². The number of hydrogen-bond acceptors (Lipinski definition) is 3. The van der Waals surface area contributed by atoms with Gasteiger partial charge in [-0.3, -0.25) is 0 Å². The van der Waals surface area contributed by atoms with Gasteiger partial charge in [0.1, 0.15) is 0 Å². The Morgan fingerprint density at radius 3 is 2.50 bits per heavy atom. The van der Waals surface area contributed by atoms with Crippen LogP contribution in [0.2, 0.25) is 5.02 Å². The zero-order chi connectivity index (χ0) is 15.5. The fourth-order valence-electron chi connectivity index (χ4n) is 3.03. The molecule has 0 N–H and O–H groups in total. The standard InChI is InChI=1S/C17H19ClN2O2/c1-22-17(21)20-16(12-8-10-13(18)11-9-12)14-6-4-2-3-5-7-15(14)19-20/h8-11H,2-7H2,1H3. The van der Waals surface area contributed by atoms with Crippen molar-refractivity contribution in [2.24, 2.45) is 0 Å². The van der Waals surface area contributed by atoms with Gasteiger partial charge >= 0.3 is 6.09 Å². The molecule has 0 spiro atoms. The van der Waals surface area contributed by atoms with E-state index in [0.29, 0.717) is 5.02 Å². The molecule has 3 rings (SSSR count). The summed E-state index contributed by atoms with van der Waals surface area (Å²) >= 11 is 5.98. The summed E-state index contributed by atoms with van der Waals surface area (Å²) in [7, 11) is 1.38. The van der Waals surface area contributed by atoms with E-state index in [1.54, 1.807) is 0 Å². The number of nitrogens with zero attached hydrogens (tertiary/aromatic N) is 2. The van der Waals surface area contributed by atoms with Crippen molar-refractivity contribution in [1.82, 2.24) is 9.78 Å². The quantitative estimate of drug-likeness (QED) is 0.778. The van der Waals surface area contributed by atoms with Gasteiger partial charge in [-0.1, -0.05) is 36.6 Å². The first-order chi connectivity index (χ1) is 10.7. The Morgan fingerprint density at radius 2 is 1.82 bits per heavy atom. The van der Waals surface area contributed by atoms with Gasteiger partial charge in [-0.05, 0) is 37.8 Å². The lowest BCUT2D eigenvalue weighted by Gasteiger charge is -2.11. The van der Waals surface area contributed by atoms with Crippen molar-refractivity contribution in [2.45, 2.75) is 38.5 Å². The van der Waals surface area contributed by atoms with Crippen molar-refractivity contribution >= 4 is 17.7 Å². The van der Waals surface area contributed by atoms with E-state index in [-0.39, 0.29) is 0 Å². The van der Waals surface area contributed by atoms with Crippen molar-refractivity contribution in [1.29, 1.82) is 0 Å². The molecule has 0 unspecified atom stereocenters. The van der Waals surface area contributed by atoms with Gasteiger partial charge < -0.3 is 4.74 Å². The Morgan fingerprint density at radius 1 is 1.14 bits per heavy atom. The minimum absolute atomic E-state index is 0.448. The van der Waals surface area contributed by atoms with E-state index in [9.17, 15) is 4.79 Å². The number of halogens is 1. The van der Waals surface area contributed by atoms with Gasteiger partial charge in [-0.2, -0.15) is 9.78 Å². The molecule has 5 heteroatoms. The molecule has 0 bridgehead atoms. The Bertz CT molecular complexity index is 677. The van der Waals surface area contributed by atoms with Crippen LogP contribution in [0, 0.1) is 0 Å². The predicted octanol–water partition coefficient (Wildman–Crippen LogP) is 4.48. The number of rotatable bonds is 1. The topological polar surface area (TPSA) is 44.1 Å². The van der Waals surface area contributed by atoms with Crippen molar-refractivity contribution in [2.75, 3.05) is 7.11 Å². The molecule has 0 atom stereocenters. The monoisotopic (exact) mass is 318 g/mol. The molecule has 1 aromatic carbocycles. The number of hydrogen-bond donors (Lipinski definition) is 0. The number of methoxy groups -OCH3 is 1. The highest BCUT2D eigenvalue weighted by atomic mass is 35.5. The molecule has 0 fully saturated rings. The van der Waals surface area contributed by atoms with Crippen molar-refractivity contribution in [3.63, 3.8) is 0 Å². The second kappa shape index (κ2) is 6.53. The largest absolute Gasteiger partial charge is 0.451 e. The summed E-state index contributed by atoms with van der Waals surface area (Å²) in [5, 5.41) is 5.21. The number of ether oxygens (including phenoxy) is 1. The summed E-state index contributed by atoms with van der Waals surface area (Å²) in [6.45, 7) is 0. The first-order valence-electron chi connectivity index (χ1n) is 7.65. The van der Waals surface area contributed by atoms with Gasteiger partial charge in [-0.25, -0.2) is 4.79 Å². The smallest absolute Gasteiger partial charge is 0.434 e. The van der Waals surface area contributed by atoms with Gasteiger partial charge in [-0.15, -0.1) is 0 Å². The normalized spacial score (nSPS) is 14.8. The van der Waals surface area contributed by atoms with E-state index in [0.717, 1.165) is 42.6 Å². The Balaban J connectivity index is 2.15. The van der Waals surface area contributed by atoms with E-state index in [1.165, 1.54) is 30.2 Å². The molecule has 22 heavy (non-hydrogen) atoms. The highest BCUT2D eigenvalue weighted by Gasteiger charge is 2.23. The molecular weight excluding hydrogens is 300 g/mol. The van der Waals surface area contributed by atoms with E-state index >= 15 is 0 Å². The van der Waals surface area contributed by atoms with Crippen molar-refractivity contribution < 1.29 is 9.53 Å². The van der Waals surface area contributed by atoms with Crippen LogP contribution in [0.1, 0.15) is 36.9 Å². The number of carbonyl (C=O) groups is 1. The maximum atomic E-state index is 12.1. The molecule has 0 radical (unpaired) electrons. The molecule has 0 saturated carbocycles. The molecule has 0 saturated heterocycles. The van der Waals surface area contributed by atoms with Crippen molar-refractivity contribution in [3.8, 4) is 11.3 Å². The van der Waals surface area contributed by atoms with Gasteiger partial charge in [0, 0.05) is 16.1 Å². The Labute approximate surface area is 135 Å². The summed E-state index contributed by atoms with van der Waals surface area (Å²) in [5.74, 6) is 0. The zero-order valence-corrected chi connectivity index (χ0v) is 13.4. The number of aryl methyl sites for hydroxylation is 1. The van der Waals surface area contributed by atoms with Crippen LogP contribution in [0.15, 0.2) is 24.3 Å². The molecule has 0 amide bonds. The number of fused-ring (bicyclic) bond motifs is 1. The van der Waals surface area contributed by atoms with Crippen LogP contribution in [0.4, 0.5) is 4.79 Å². The molecule has 1 aromatic heterocycles. The number of carbonyl (C=O) groups excluding carboxylic acids is 1. The second-order valence-electron chi connectivity index (χ2n) is 5.58. The minimum Gasteiger partial charge on any atom is -0.451 e. The van der Waals surface area contributed by atoms with Crippen LogP contribution in [0.3, 0.4) is 0 Å². The first-order valence-corrected chi connectivity index (χ1v) is 8.03. The number of benzene rings is 1. The third-order valence-electron chi connectivity index (χ3n) is 4.12. The van der Waals surface area contributed by atoms with Crippen LogP contribution >= 0.6 is 11.6 Å². The summed E-state index contributed by atoms with van der Waals surface area (Å²) in [4.78, 5) is 12.1. The molecule has 1 aliphatic rings. The van der Waals surface area contributed by atoms with Crippen LogP contribution in [-0.2, 0) is 17.6 Å². The van der Waals surface area contributed by atoms with E-state index in [4.69, 9.17) is 16.3 Å². The number of aromatic nitrogens is 2. The minimum atomic E-state index is -0.448. The molecule has 116 valence electrons. The Hall–Kier alpha value is -1.81. The molecule has 4 nitrogen and oxygen atoms in total. The third kappa shape index (κ3) is 2.88. The lowest BCUT2D eigenvalue weighted by molar-refractivity contribution is 0.169. The summed E-state index contributed by atoms with van der Waals surface area (Å²) in [6, 6.07) is 7.53. The summed E-state index contributed by atoms with van der Waals surface area (Å²) in [6.07, 6.45) is 6.11. The third-order valence-corrected chi connectivity index (χ3v) is 4.37. The predicted molar refractivity (Wildman–Crippen MR) is 86.4 cm³/mol. The van der Waals surface area contributed by atoms with Crippen LogP contribution < -0.4 is 0 Å². The summed E-state index contributed by atoms with van der Waals surface area (Å²) in [5.41, 5.74) is 3.99. The fourth-order valence-corrected chi connectivity index (χ4v) is 3.16. The fraction of sp³-hybridized carbons (Fsp3) is 0.412. The average molecular weight is 319 g/mol. The average Bonchev–Trinajstić information content (AvgIpc) is 2.85. The Kier molecular flexibility index (Phi) is 4.48. The van der Waals surface area contributed by atoms with Crippen LogP contribution in [-0.4, -0.2) is 23.0 Å². The van der Waals surface area contributed by atoms with E-state index in [1.807, 2.05) is 24.3 Å². The molecular formula is C17H19ClN2O2. The van der Waals surface area contributed by atoms with Gasteiger partial charge in [0.15, 0.2) is 0 Å². The molecule has 2 aromatic rings. The first kappa shape index (κ1) is 15.1.